The number of aromatic nitrogens is 3. The van der Waals surface area contributed by atoms with Crippen LogP contribution < -0.4 is 5.32 Å². The van der Waals surface area contributed by atoms with E-state index in [1.807, 2.05) is 27.7 Å². The number of halogens is 1. The molecule has 0 radical (unpaired) electrons. The van der Waals surface area contributed by atoms with Crippen LogP contribution in [0.5, 0.6) is 0 Å². The standard InChI is InChI=1S/C28H36FN7O4/c1-27(2,3)39-26(38)36-11-6-17(7-12-36)21-22(18(16-30)5-10-31-21)32-25(37)35-13-8-28(4,9-14-35)24-33-23(40-34-24)19-15-20(19)29/h5,10,17,19-20H,6-9,11-15H2,1-4H3,(H,32,37)/t19-,20+/m1/s1. The Kier molecular flexibility index (Phi) is 7.42. The van der Waals surface area contributed by atoms with Gasteiger partial charge in [-0.25, -0.2) is 14.0 Å². The van der Waals surface area contributed by atoms with Crippen molar-refractivity contribution in [2.24, 2.45) is 0 Å². The van der Waals surface area contributed by atoms with Crippen LogP contribution >= 0.6 is 0 Å². The average Bonchev–Trinajstić information content (AvgIpc) is 3.43. The van der Waals surface area contributed by atoms with Crippen molar-refractivity contribution < 1.29 is 23.2 Å². The highest BCUT2D eigenvalue weighted by molar-refractivity contribution is 5.91. The summed E-state index contributed by atoms with van der Waals surface area (Å²) in [5.74, 6) is 0.604. The Labute approximate surface area is 233 Å². The summed E-state index contributed by atoms with van der Waals surface area (Å²) in [6, 6.07) is 3.47. The third kappa shape index (κ3) is 5.88. The highest BCUT2D eigenvalue weighted by Gasteiger charge is 2.45. The zero-order valence-electron chi connectivity index (χ0n) is 23.4. The molecular weight excluding hydrogens is 517 g/mol. The molecule has 1 aliphatic carbocycles. The molecule has 12 heteroatoms. The highest BCUT2D eigenvalue weighted by atomic mass is 19.1. The van der Waals surface area contributed by atoms with Crippen molar-refractivity contribution in [1.82, 2.24) is 24.9 Å². The largest absolute Gasteiger partial charge is 0.444 e. The van der Waals surface area contributed by atoms with Gasteiger partial charge < -0.3 is 24.4 Å². The van der Waals surface area contributed by atoms with Crippen molar-refractivity contribution >= 4 is 17.8 Å². The first-order valence-electron chi connectivity index (χ1n) is 13.9. The number of urea groups is 1. The van der Waals surface area contributed by atoms with Gasteiger partial charge in [-0.05, 0) is 58.9 Å². The van der Waals surface area contributed by atoms with Gasteiger partial charge in [0.15, 0.2) is 5.82 Å². The van der Waals surface area contributed by atoms with Crippen molar-refractivity contribution in [2.45, 2.75) is 88.8 Å². The molecule has 11 nitrogen and oxygen atoms in total. The molecule has 214 valence electrons. The maximum Gasteiger partial charge on any atom is 0.410 e. The fourth-order valence-corrected chi connectivity index (χ4v) is 5.34. The predicted octanol–water partition coefficient (Wildman–Crippen LogP) is 4.86. The first-order valence-corrected chi connectivity index (χ1v) is 13.9. The molecule has 3 amide bonds. The first-order chi connectivity index (χ1) is 19.0. The molecule has 2 saturated heterocycles. The van der Waals surface area contributed by atoms with Gasteiger partial charge in [-0.15, -0.1) is 0 Å². The maximum atomic E-state index is 13.4. The van der Waals surface area contributed by atoms with Gasteiger partial charge in [-0.2, -0.15) is 10.2 Å². The number of hydrogen-bond donors (Lipinski definition) is 1. The summed E-state index contributed by atoms with van der Waals surface area (Å²) >= 11 is 0. The van der Waals surface area contributed by atoms with Gasteiger partial charge in [0.2, 0.25) is 5.89 Å². The van der Waals surface area contributed by atoms with Crippen LogP contribution in [0.25, 0.3) is 0 Å². The van der Waals surface area contributed by atoms with Gasteiger partial charge in [0.1, 0.15) is 17.8 Å². The molecule has 0 unspecified atom stereocenters. The zero-order chi connectivity index (χ0) is 28.7. The molecule has 1 N–H and O–H groups in total. The van der Waals surface area contributed by atoms with Crippen LogP contribution in [0.15, 0.2) is 16.8 Å². The second kappa shape index (κ2) is 10.7. The van der Waals surface area contributed by atoms with Crippen molar-refractivity contribution in [3.05, 3.63) is 35.2 Å². The lowest BCUT2D eigenvalue weighted by atomic mass is 9.80. The SMILES string of the molecule is CC(C)(C)OC(=O)N1CCC(c2nccc(C#N)c2NC(=O)N2CCC(C)(c3noc([C@@H]4C[C@@H]4F)n3)CC2)CC1. The number of amides is 3. The Bertz CT molecular complexity index is 1300. The molecule has 2 aromatic heterocycles. The normalized spacial score (nSPS) is 22.9. The van der Waals surface area contributed by atoms with E-state index in [9.17, 15) is 19.2 Å². The van der Waals surface area contributed by atoms with Crippen LogP contribution in [0.1, 0.15) is 94.6 Å². The lowest BCUT2D eigenvalue weighted by molar-refractivity contribution is 0.0204. The van der Waals surface area contributed by atoms with Gasteiger partial charge in [0.25, 0.3) is 0 Å². The predicted molar refractivity (Wildman–Crippen MR) is 142 cm³/mol. The molecule has 2 aromatic rings. The molecule has 3 fully saturated rings. The number of rotatable bonds is 4. The summed E-state index contributed by atoms with van der Waals surface area (Å²) in [6.45, 7) is 9.48. The van der Waals surface area contributed by atoms with Crippen LogP contribution in [0.2, 0.25) is 0 Å². The number of carbonyl (C=O) groups excluding carboxylic acids is 2. The molecular formula is C28H36FN7O4. The molecule has 40 heavy (non-hydrogen) atoms. The first kappa shape index (κ1) is 27.8. The number of ether oxygens (including phenoxy) is 1. The molecule has 3 aliphatic rings. The summed E-state index contributed by atoms with van der Waals surface area (Å²) in [7, 11) is 0. The molecule has 5 rings (SSSR count). The van der Waals surface area contributed by atoms with Gasteiger partial charge in [0.05, 0.1) is 22.9 Å². The quantitative estimate of drug-likeness (QED) is 0.567. The molecule has 0 spiro atoms. The van der Waals surface area contributed by atoms with Crippen molar-refractivity contribution in [1.29, 1.82) is 5.26 Å². The van der Waals surface area contributed by atoms with E-state index in [0.717, 1.165) is 0 Å². The monoisotopic (exact) mass is 553 g/mol. The lowest BCUT2D eigenvalue weighted by Gasteiger charge is -2.37. The average molecular weight is 554 g/mol. The Morgan fingerprint density at radius 2 is 1.88 bits per heavy atom. The number of piperidine rings is 2. The molecule has 0 bridgehead atoms. The van der Waals surface area contributed by atoms with E-state index in [1.165, 1.54) is 0 Å². The van der Waals surface area contributed by atoms with Crippen molar-refractivity contribution in [3.63, 3.8) is 0 Å². The van der Waals surface area contributed by atoms with E-state index in [4.69, 9.17) is 9.26 Å². The van der Waals surface area contributed by atoms with E-state index in [1.54, 1.807) is 22.1 Å². The lowest BCUT2D eigenvalue weighted by Crippen LogP contribution is -2.46. The number of carbonyl (C=O) groups is 2. The number of pyridine rings is 1. The molecule has 2 aliphatic heterocycles. The number of nitriles is 1. The van der Waals surface area contributed by atoms with Crippen LogP contribution in [-0.4, -0.2) is 75.0 Å². The number of nitrogens with one attached hydrogen (secondary N) is 1. The third-order valence-electron chi connectivity index (χ3n) is 8.03. The van der Waals surface area contributed by atoms with E-state index in [-0.39, 0.29) is 29.4 Å². The highest BCUT2D eigenvalue weighted by Crippen LogP contribution is 2.44. The maximum absolute atomic E-state index is 13.4. The minimum absolute atomic E-state index is 0.0187. The smallest absolute Gasteiger partial charge is 0.410 e. The Morgan fingerprint density at radius 3 is 2.48 bits per heavy atom. The summed E-state index contributed by atoms with van der Waals surface area (Å²) in [5.41, 5.74) is 0.485. The number of anilines is 1. The van der Waals surface area contributed by atoms with Crippen LogP contribution in [0, 0.1) is 11.3 Å². The topological polar surface area (TPSA) is 137 Å². The summed E-state index contributed by atoms with van der Waals surface area (Å²) in [6.07, 6.45) is 3.30. The zero-order valence-corrected chi connectivity index (χ0v) is 23.4. The van der Waals surface area contributed by atoms with E-state index in [2.05, 4.69) is 26.5 Å². The Hall–Kier alpha value is -3.75. The second-order valence-corrected chi connectivity index (χ2v) is 12.3. The molecule has 0 aromatic carbocycles. The molecule has 1 saturated carbocycles. The number of likely N-dealkylation sites (tertiary alicyclic amines) is 2. The van der Waals surface area contributed by atoms with Gasteiger partial charge >= 0.3 is 12.1 Å². The summed E-state index contributed by atoms with van der Waals surface area (Å²) in [4.78, 5) is 38.2. The van der Waals surface area contributed by atoms with E-state index in [0.29, 0.717) is 86.9 Å². The Morgan fingerprint density at radius 1 is 1.20 bits per heavy atom. The third-order valence-corrected chi connectivity index (χ3v) is 8.03. The second-order valence-electron chi connectivity index (χ2n) is 12.3. The summed E-state index contributed by atoms with van der Waals surface area (Å²) < 4.78 is 24.2. The van der Waals surface area contributed by atoms with Gasteiger partial charge in [-0.1, -0.05) is 12.1 Å². The minimum atomic E-state index is -0.903. The van der Waals surface area contributed by atoms with Gasteiger partial charge in [0, 0.05) is 43.7 Å². The van der Waals surface area contributed by atoms with Crippen LogP contribution in [-0.2, 0) is 10.2 Å². The molecule has 2 atom stereocenters. The minimum Gasteiger partial charge on any atom is -0.444 e. The fraction of sp³-hybridized carbons (Fsp3) is 0.643. The van der Waals surface area contributed by atoms with Crippen molar-refractivity contribution in [2.75, 3.05) is 31.5 Å². The fourth-order valence-electron chi connectivity index (χ4n) is 5.34. The number of nitrogens with zero attached hydrogens (tertiary/aromatic N) is 6. The number of hydrogen-bond acceptors (Lipinski definition) is 8. The van der Waals surface area contributed by atoms with Crippen LogP contribution in [0.4, 0.5) is 19.7 Å². The van der Waals surface area contributed by atoms with Gasteiger partial charge in [-0.3, -0.25) is 4.98 Å². The molecule has 4 heterocycles. The Balaban J connectivity index is 1.22. The summed E-state index contributed by atoms with van der Waals surface area (Å²) in [5, 5.41) is 16.9. The van der Waals surface area contributed by atoms with E-state index < -0.39 is 11.8 Å². The van der Waals surface area contributed by atoms with E-state index >= 15 is 0 Å². The number of alkyl halides is 1. The van der Waals surface area contributed by atoms with Crippen LogP contribution in [0.3, 0.4) is 0 Å². The van der Waals surface area contributed by atoms with Crippen molar-refractivity contribution in [3.8, 4) is 6.07 Å².